The van der Waals surface area contributed by atoms with Crippen LogP contribution < -0.4 is 5.32 Å². The highest BCUT2D eigenvalue weighted by molar-refractivity contribution is 8.15. The zero-order valence-electron chi connectivity index (χ0n) is 18.0. The third-order valence-corrected chi connectivity index (χ3v) is 6.21. The number of thioether (sulfide) groups is 1. The molecule has 1 atom stereocenters. The number of nitrogens with one attached hydrogen (secondary N) is 1. The molecule has 172 valence electrons. The standard InChI is InChI=1S/C25H21ClN4O3S/c26-19-10-12-20(13-11-19)28-23(31)16-22-24(32)30(17-21-9-5-15-33-21)25(34-22)29-27-14-4-8-18-6-2-1-3-7-18/h1-15,22H,16-17H2,(H,28,31)/b8-4+,27-14-,29-25-/t22-/m1/s1. The van der Waals surface area contributed by atoms with Crippen LogP contribution in [-0.2, 0) is 16.1 Å². The Balaban J connectivity index is 1.44. The van der Waals surface area contributed by atoms with E-state index >= 15 is 0 Å². The fraction of sp³-hybridized carbons (Fsp3) is 0.120. The van der Waals surface area contributed by atoms with Gasteiger partial charge in [-0.3, -0.25) is 14.5 Å². The number of hydrogen-bond donors (Lipinski definition) is 1. The maximum absolute atomic E-state index is 13.1. The molecule has 2 amide bonds. The monoisotopic (exact) mass is 492 g/mol. The Bertz CT molecular complexity index is 1210. The summed E-state index contributed by atoms with van der Waals surface area (Å²) in [6.07, 6.45) is 6.77. The fourth-order valence-corrected chi connectivity index (χ4v) is 4.39. The topological polar surface area (TPSA) is 87.3 Å². The summed E-state index contributed by atoms with van der Waals surface area (Å²) in [4.78, 5) is 27.1. The molecule has 2 heterocycles. The molecule has 1 saturated heterocycles. The molecule has 2 aromatic carbocycles. The van der Waals surface area contributed by atoms with Gasteiger partial charge in [-0.2, -0.15) is 5.10 Å². The molecule has 0 radical (unpaired) electrons. The van der Waals surface area contributed by atoms with Gasteiger partial charge in [-0.05, 0) is 48.0 Å². The van der Waals surface area contributed by atoms with E-state index in [-0.39, 0.29) is 24.8 Å². The lowest BCUT2D eigenvalue weighted by atomic mass is 10.2. The van der Waals surface area contributed by atoms with Gasteiger partial charge in [0, 0.05) is 23.3 Å². The number of nitrogens with zero attached hydrogens (tertiary/aromatic N) is 3. The zero-order chi connectivity index (χ0) is 23.8. The Morgan fingerprint density at radius 2 is 1.91 bits per heavy atom. The van der Waals surface area contributed by atoms with Crippen LogP contribution in [-0.4, -0.2) is 33.3 Å². The predicted octanol–water partition coefficient (Wildman–Crippen LogP) is 5.46. The van der Waals surface area contributed by atoms with E-state index in [0.717, 1.165) is 5.56 Å². The third kappa shape index (κ3) is 6.46. The Labute approximate surface area is 206 Å². The highest BCUT2D eigenvalue weighted by atomic mass is 35.5. The van der Waals surface area contributed by atoms with Gasteiger partial charge in [0.15, 0.2) is 5.17 Å². The molecule has 0 unspecified atom stereocenters. The number of amidine groups is 1. The summed E-state index contributed by atoms with van der Waals surface area (Å²) in [6.45, 7) is 0.211. The summed E-state index contributed by atoms with van der Waals surface area (Å²) in [7, 11) is 0. The van der Waals surface area contributed by atoms with E-state index in [1.807, 2.05) is 36.4 Å². The number of carbonyl (C=O) groups is 2. The number of hydrogen-bond acceptors (Lipinski definition) is 6. The molecule has 1 fully saturated rings. The number of carbonyl (C=O) groups excluding carboxylic acids is 2. The number of anilines is 1. The number of halogens is 1. The maximum Gasteiger partial charge on any atom is 0.243 e. The van der Waals surface area contributed by atoms with Crippen LogP contribution in [0.5, 0.6) is 0 Å². The van der Waals surface area contributed by atoms with Crippen LogP contribution >= 0.6 is 23.4 Å². The number of allylic oxidation sites excluding steroid dienone is 1. The van der Waals surface area contributed by atoms with Crippen LogP contribution in [0.4, 0.5) is 5.69 Å². The quantitative estimate of drug-likeness (QED) is 0.334. The lowest BCUT2D eigenvalue weighted by molar-refractivity contribution is -0.128. The van der Waals surface area contributed by atoms with E-state index in [1.165, 1.54) is 16.7 Å². The van der Waals surface area contributed by atoms with Crippen molar-refractivity contribution in [3.63, 3.8) is 0 Å². The molecule has 1 aliphatic heterocycles. The highest BCUT2D eigenvalue weighted by Gasteiger charge is 2.39. The number of amides is 2. The third-order valence-electron chi connectivity index (χ3n) is 4.80. The van der Waals surface area contributed by atoms with Crippen LogP contribution in [0.25, 0.3) is 6.08 Å². The summed E-state index contributed by atoms with van der Waals surface area (Å²) in [5.41, 5.74) is 1.65. The lowest BCUT2D eigenvalue weighted by Gasteiger charge is -2.14. The minimum Gasteiger partial charge on any atom is -0.467 e. The van der Waals surface area contributed by atoms with Crippen LogP contribution in [0.1, 0.15) is 17.7 Å². The van der Waals surface area contributed by atoms with Crippen molar-refractivity contribution in [1.29, 1.82) is 0 Å². The fourth-order valence-electron chi connectivity index (χ4n) is 3.17. The summed E-state index contributed by atoms with van der Waals surface area (Å²) >= 11 is 7.09. The van der Waals surface area contributed by atoms with E-state index in [0.29, 0.717) is 21.6 Å². The van der Waals surface area contributed by atoms with E-state index in [2.05, 4.69) is 15.5 Å². The Morgan fingerprint density at radius 1 is 1.12 bits per heavy atom. The van der Waals surface area contributed by atoms with Crippen molar-refractivity contribution < 1.29 is 14.0 Å². The maximum atomic E-state index is 13.1. The summed E-state index contributed by atoms with van der Waals surface area (Å²) in [5, 5.41) is 11.5. The first-order valence-corrected chi connectivity index (χ1v) is 11.7. The molecule has 1 N–H and O–H groups in total. The van der Waals surface area contributed by atoms with Crippen molar-refractivity contribution in [2.45, 2.75) is 18.2 Å². The number of benzene rings is 2. The van der Waals surface area contributed by atoms with Gasteiger partial charge in [0.1, 0.15) is 11.0 Å². The molecule has 9 heteroatoms. The Kier molecular flexibility index (Phi) is 7.95. The second-order valence-corrected chi connectivity index (χ2v) is 8.89. The Hall–Kier alpha value is -3.62. The first-order valence-electron chi connectivity index (χ1n) is 10.5. The molecule has 3 aromatic rings. The largest absolute Gasteiger partial charge is 0.467 e. The molecule has 0 bridgehead atoms. The molecular weight excluding hydrogens is 472 g/mol. The molecule has 34 heavy (non-hydrogen) atoms. The van der Waals surface area contributed by atoms with E-state index < -0.39 is 5.25 Å². The number of rotatable bonds is 8. The lowest BCUT2D eigenvalue weighted by Crippen LogP contribution is -2.33. The van der Waals surface area contributed by atoms with Crippen LogP contribution in [0.3, 0.4) is 0 Å². The second-order valence-electron chi connectivity index (χ2n) is 7.29. The highest BCUT2D eigenvalue weighted by Crippen LogP contribution is 2.31. The van der Waals surface area contributed by atoms with Crippen molar-refractivity contribution in [3.05, 3.63) is 95.4 Å². The molecule has 1 aromatic heterocycles. The normalized spacial score (nSPS) is 17.3. The smallest absolute Gasteiger partial charge is 0.243 e. The van der Waals surface area contributed by atoms with Gasteiger partial charge in [-0.1, -0.05) is 59.8 Å². The van der Waals surface area contributed by atoms with Gasteiger partial charge in [0.2, 0.25) is 11.8 Å². The molecule has 1 aliphatic rings. The second kappa shape index (κ2) is 11.5. The minimum atomic E-state index is -0.615. The van der Waals surface area contributed by atoms with Gasteiger partial charge in [0.25, 0.3) is 0 Å². The van der Waals surface area contributed by atoms with E-state index in [9.17, 15) is 9.59 Å². The average Bonchev–Trinajstić information content (AvgIpc) is 3.45. The van der Waals surface area contributed by atoms with Crippen molar-refractivity contribution in [1.82, 2.24) is 4.90 Å². The zero-order valence-corrected chi connectivity index (χ0v) is 19.6. The summed E-state index contributed by atoms with van der Waals surface area (Å²) < 4.78 is 5.39. The van der Waals surface area contributed by atoms with Crippen molar-refractivity contribution in [2.75, 3.05) is 5.32 Å². The summed E-state index contributed by atoms with van der Waals surface area (Å²) in [6, 6.07) is 20.1. The Morgan fingerprint density at radius 3 is 2.65 bits per heavy atom. The van der Waals surface area contributed by atoms with Gasteiger partial charge < -0.3 is 9.73 Å². The van der Waals surface area contributed by atoms with Crippen LogP contribution in [0, 0.1) is 0 Å². The van der Waals surface area contributed by atoms with Crippen molar-refractivity contribution in [2.24, 2.45) is 10.2 Å². The first-order chi connectivity index (χ1) is 16.6. The van der Waals surface area contributed by atoms with Gasteiger partial charge >= 0.3 is 0 Å². The van der Waals surface area contributed by atoms with E-state index in [1.54, 1.807) is 55.0 Å². The van der Waals surface area contributed by atoms with Gasteiger partial charge in [0.05, 0.1) is 12.8 Å². The predicted molar refractivity (Wildman–Crippen MR) is 137 cm³/mol. The molecular formula is C25H21ClN4O3S. The van der Waals surface area contributed by atoms with Crippen LogP contribution in [0.15, 0.2) is 93.7 Å². The minimum absolute atomic E-state index is 0.00255. The van der Waals surface area contributed by atoms with Crippen molar-refractivity contribution >= 4 is 58.3 Å². The van der Waals surface area contributed by atoms with Gasteiger partial charge in [-0.15, -0.1) is 5.10 Å². The molecule has 0 spiro atoms. The molecule has 4 rings (SSSR count). The van der Waals surface area contributed by atoms with Crippen molar-refractivity contribution in [3.8, 4) is 0 Å². The first kappa shape index (κ1) is 23.5. The van der Waals surface area contributed by atoms with E-state index in [4.69, 9.17) is 16.0 Å². The molecule has 7 nitrogen and oxygen atoms in total. The van der Waals surface area contributed by atoms with Crippen LogP contribution in [0.2, 0.25) is 5.02 Å². The molecule has 0 aliphatic carbocycles. The average molecular weight is 493 g/mol. The SMILES string of the molecule is O=C(C[C@H]1S\C(=N/N=C\C=C\c2ccccc2)N(Cc2ccco2)C1=O)Nc1ccc(Cl)cc1. The number of furan rings is 1. The van der Waals surface area contributed by atoms with Gasteiger partial charge in [-0.25, -0.2) is 0 Å². The summed E-state index contributed by atoms with van der Waals surface area (Å²) in [5.74, 6) is 0.115. The molecule has 0 saturated carbocycles.